The van der Waals surface area contributed by atoms with Crippen molar-refractivity contribution in [2.45, 2.75) is 33.4 Å². The number of carbonyl (C=O) groups is 2. The molecular formula is C21H28N6O5. The zero-order valence-corrected chi connectivity index (χ0v) is 18.3. The number of piperazine rings is 1. The maximum absolute atomic E-state index is 12.4. The van der Waals surface area contributed by atoms with Crippen molar-refractivity contribution in [3.05, 3.63) is 56.4 Å². The maximum atomic E-state index is 12.4. The van der Waals surface area contributed by atoms with E-state index in [-0.39, 0.29) is 29.4 Å². The van der Waals surface area contributed by atoms with Crippen LogP contribution in [0.5, 0.6) is 0 Å². The van der Waals surface area contributed by atoms with E-state index in [0.29, 0.717) is 19.6 Å². The fourth-order valence-corrected chi connectivity index (χ4v) is 3.80. The summed E-state index contributed by atoms with van der Waals surface area (Å²) in [5, 5.41) is 12.2. The van der Waals surface area contributed by atoms with Crippen LogP contribution >= 0.6 is 0 Å². The van der Waals surface area contributed by atoms with E-state index < -0.39 is 23.2 Å². The number of carboxylic acid groups (broad SMARTS) is 1. The fraction of sp³-hybridized carbons (Fsp3) is 0.429. The number of amides is 2. The second kappa shape index (κ2) is 8.77. The van der Waals surface area contributed by atoms with Crippen LogP contribution in [0.3, 0.4) is 0 Å². The first kappa shape index (κ1) is 22.9. The van der Waals surface area contributed by atoms with Crippen molar-refractivity contribution >= 4 is 23.4 Å². The molecule has 0 bridgehead atoms. The number of nitrogens with one attached hydrogen (secondary N) is 3. The summed E-state index contributed by atoms with van der Waals surface area (Å²) < 4.78 is 0. The highest BCUT2D eigenvalue weighted by molar-refractivity contribution is 5.96. The van der Waals surface area contributed by atoms with Crippen molar-refractivity contribution in [3.63, 3.8) is 0 Å². The van der Waals surface area contributed by atoms with Crippen molar-refractivity contribution in [3.8, 4) is 0 Å². The Hall–Kier alpha value is -3.76. The van der Waals surface area contributed by atoms with E-state index in [1.165, 1.54) is 4.90 Å². The lowest BCUT2D eigenvalue weighted by molar-refractivity contribution is 0.0748. The Bertz CT molecular complexity index is 1130. The molecule has 3 rings (SSSR count). The minimum atomic E-state index is -0.918. The zero-order chi connectivity index (χ0) is 23.6. The largest absolute Gasteiger partial charge is 0.465 e. The van der Waals surface area contributed by atoms with Gasteiger partial charge in [0.2, 0.25) is 0 Å². The Morgan fingerprint density at radius 1 is 1.22 bits per heavy atom. The van der Waals surface area contributed by atoms with Crippen LogP contribution < -0.4 is 27.2 Å². The minimum absolute atomic E-state index is 0.152. The molecule has 1 aliphatic rings. The predicted molar refractivity (Wildman–Crippen MR) is 120 cm³/mol. The topological polar surface area (TPSA) is 165 Å². The van der Waals surface area contributed by atoms with E-state index in [2.05, 4.69) is 15.2 Å². The number of benzene rings is 1. The standard InChI is InChI=1S/C21H28N6O5/c1-21(2,3)14-11-26(7-8-27(14)20(31)32)13-6-4-5-12(9-13)10-23-18(29)16-15(22)17(28)25-19(30)24-16/h4-6,9,14H,7-8,10-11,22H2,1-3H3,(H,23,29)(H,31,32)(H2,24,25,28,30). The van der Waals surface area contributed by atoms with E-state index in [1.807, 2.05) is 50.0 Å². The lowest BCUT2D eigenvalue weighted by atomic mass is 9.84. The predicted octanol–water partition coefficient (Wildman–Crippen LogP) is 0.790. The lowest BCUT2D eigenvalue weighted by Gasteiger charge is -2.46. The Labute approximate surface area is 184 Å². The molecule has 2 aromatic rings. The molecule has 1 aliphatic heterocycles. The van der Waals surface area contributed by atoms with Crippen LogP contribution in [-0.2, 0) is 6.54 Å². The van der Waals surface area contributed by atoms with E-state index >= 15 is 0 Å². The molecule has 1 saturated heterocycles. The summed E-state index contributed by atoms with van der Waals surface area (Å²) in [5.74, 6) is -0.668. The number of hydrogen-bond acceptors (Lipinski definition) is 6. The van der Waals surface area contributed by atoms with Crippen LogP contribution in [0.4, 0.5) is 16.2 Å². The summed E-state index contributed by atoms with van der Waals surface area (Å²) in [7, 11) is 0. The molecule has 11 heteroatoms. The van der Waals surface area contributed by atoms with Crippen molar-refractivity contribution in [1.29, 1.82) is 0 Å². The molecule has 0 spiro atoms. The molecule has 1 fully saturated rings. The van der Waals surface area contributed by atoms with Gasteiger partial charge in [0.25, 0.3) is 11.5 Å². The number of nitrogens with zero attached hydrogens (tertiary/aromatic N) is 2. The van der Waals surface area contributed by atoms with Gasteiger partial charge in [-0.3, -0.25) is 14.6 Å². The second-order valence-electron chi connectivity index (χ2n) is 8.85. The normalized spacial score (nSPS) is 16.7. The molecule has 6 N–H and O–H groups in total. The highest BCUT2D eigenvalue weighted by Crippen LogP contribution is 2.30. The van der Waals surface area contributed by atoms with Crippen LogP contribution in [0.15, 0.2) is 33.9 Å². The Kier molecular flexibility index (Phi) is 6.28. The van der Waals surface area contributed by atoms with E-state index in [9.17, 15) is 24.3 Å². The van der Waals surface area contributed by atoms with Gasteiger partial charge in [-0.2, -0.15) is 0 Å². The van der Waals surface area contributed by atoms with Gasteiger partial charge in [-0.15, -0.1) is 0 Å². The SMILES string of the molecule is CC(C)(C)C1CN(c2cccc(CNC(=O)c3[nH]c(=O)[nH]c(=O)c3N)c2)CCN1C(=O)O. The number of nitrogen functional groups attached to an aromatic ring is 1. The third-order valence-corrected chi connectivity index (χ3v) is 5.56. The van der Waals surface area contributed by atoms with Crippen LogP contribution in [0.25, 0.3) is 0 Å². The van der Waals surface area contributed by atoms with Crippen LogP contribution in [0, 0.1) is 5.41 Å². The van der Waals surface area contributed by atoms with Gasteiger partial charge in [0.05, 0.1) is 6.04 Å². The summed E-state index contributed by atoms with van der Waals surface area (Å²) in [6.07, 6.45) is -0.918. The first-order valence-electron chi connectivity index (χ1n) is 10.2. The molecule has 11 nitrogen and oxygen atoms in total. The van der Waals surface area contributed by atoms with Gasteiger partial charge in [-0.1, -0.05) is 32.9 Å². The molecule has 1 aromatic heterocycles. The highest BCUT2D eigenvalue weighted by atomic mass is 16.4. The van der Waals surface area contributed by atoms with Crippen molar-refractivity contribution < 1.29 is 14.7 Å². The molecule has 2 amide bonds. The number of rotatable bonds is 4. The molecular weight excluding hydrogens is 416 g/mol. The summed E-state index contributed by atoms with van der Waals surface area (Å²) in [4.78, 5) is 54.9. The molecule has 0 radical (unpaired) electrons. The summed E-state index contributed by atoms with van der Waals surface area (Å²) in [6.45, 7) is 7.72. The van der Waals surface area contributed by atoms with Gasteiger partial charge in [0.15, 0.2) is 0 Å². The molecule has 172 valence electrons. The number of anilines is 2. The Morgan fingerprint density at radius 3 is 2.59 bits per heavy atom. The van der Waals surface area contributed by atoms with Crippen LogP contribution in [0.1, 0.15) is 36.8 Å². The summed E-state index contributed by atoms with van der Waals surface area (Å²) in [5.41, 5.74) is 4.80. The molecule has 0 aliphatic carbocycles. The average molecular weight is 444 g/mol. The third-order valence-electron chi connectivity index (χ3n) is 5.56. The van der Waals surface area contributed by atoms with Gasteiger partial charge >= 0.3 is 11.8 Å². The van der Waals surface area contributed by atoms with Gasteiger partial charge in [-0.05, 0) is 23.1 Å². The number of aromatic amines is 2. The molecule has 1 unspecified atom stereocenters. The number of hydrogen-bond donors (Lipinski definition) is 5. The average Bonchev–Trinajstić information content (AvgIpc) is 2.73. The van der Waals surface area contributed by atoms with Crippen LogP contribution in [-0.4, -0.2) is 57.7 Å². The molecule has 32 heavy (non-hydrogen) atoms. The Morgan fingerprint density at radius 2 is 1.94 bits per heavy atom. The van der Waals surface area contributed by atoms with E-state index in [0.717, 1.165) is 11.3 Å². The molecule has 2 heterocycles. The first-order valence-corrected chi connectivity index (χ1v) is 10.2. The number of carbonyl (C=O) groups excluding carboxylic acids is 1. The molecule has 1 aromatic carbocycles. The third kappa shape index (κ3) is 4.93. The minimum Gasteiger partial charge on any atom is -0.465 e. The van der Waals surface area contributed by atoms with E-state index in [4.69, 9.17) is 5.73 Å². The number of aromatic nitrogens is 2. The van der Waals surface area contributed by atoms with E-state index in [1.54, 1.807) is 0 Å². The Balaban J connectivity index is 1.73. The van der Waals surface area contributed by atoms with Crippen molar-refractivity contribution in [2.75, 3.05) is 30.3 Å². The van der Waals surface area contributed by atoms with Gasteiger partial charge in [-0.25, -0.2) is 9.59 Å². The van der Waals surface area contributed by atoms with Crippen LogP contribution in [0.2, 0.25) is 0 Å². The quantitative estimate of drug-likeness (QED) is 0.465. The zero-order valence-electron chi connectivity index (χ0n) is 18.3. The first-order chi connectivity index (χ1) is 15.0. The monoisotopic (exact) mass is 444 g/mol. The maximum Gasteiger partial charge on any atom is 0.407 e. The second-order valence-corrected chi connectivity index (χ2v) is 8.85. The molecule has 1 atom stereocenters. The van der Waals surface area contributed by atoms with Gasteiger partial charge in [0.1, 0.15) is 11.4 Å². The lowest BCUT2D eigenvalue weighted by Crippen LogP contribution is -2.59. The van der Waals surface area contributed by atoms with Gasteiger partial charge in [0, 0.05) is 31.9 Å². The number of nitrogens with two attached hydrogens (primary N) is 1. The summed E-state index contributed by atoms with van der Waals surface area (Å²) in [6, 6.07) is 7.37. The highest BCUT2D eigenvalue weighted by Gasteiger charge is 2.38. The number of H-pyrrole nitrogens is 2. The fourth-order valence-electron chi connectivity index (χ4n) is 3.80. The van der Waals surface area contributed by atoms with Crippen molar-refractivity contribution in [2.24, 2.45) is 5.41 Å². The smallest absolute Gasteiger partial charge is 0.407 e. The summed E-state index contributed by atoms with van der Waals surface area (Å²) >= 11 is 0. The van der Waals surface area contributed by atoms with Crippen molar-refractivity contribution in [1.82, 2.24) is 20.2 Å². The molecule has 0 saturated carbocycles. The van der Waals surface area contributed by atoms with Gasteiger partial charge < -0.3 is 30.9 Å².